The minimum absolute atomic E-state index is 0.184. The Bertz CT molecular complexity index is 1000. The van der Waals surface area contributed by atoms with E-state index in [4.69, 9.17) is 30.2 Å². The molecule has 1 unspecified atom stereocenters. The molecule has 3 rings (SSSR count). The van der Waals surface area contributed by atoms with Crippen LogP contribution in [0.4, 0.5) is 5.69 Å². The SMILES string of the molecule is COc1ccc(C(C)N2CCN(c3ccc(Cl)c(OCCO[Si](C)(C)C(C)(C)C)c3)CC2)cc1OC. The number of hydrogen-bond donors (Lipinski definition) is 0. The summed E-state index contributed by atoms with van der Waals surface area (Å²) in [6.07, 6.45) is 0. The van der Waals surface area contributed by atoms with Crippen LogP contribution in [0, 0.1) is 0 Å². The fourth-order valence-corrected chi connectivity index (χ4v) is 5.35. The maximum atomic E-state index is 6.45. The van der Waals surface area contributed by atoms with Gasteiger partial charge in [-0.05, 0) is 54.9 Å². The zero-order chi connectivity index (χ0) is 26.5. The number of anilines is 1. The molecule has 1 heterocycles. The van der Waals surface area contributed by atoms with E-state index in [9.17, 15) is 0 Å². The van der Waals surface area contributed by atoms with Crippen molar-refractivity contribution in [2.24, 2.45) is 0 Å². The van der Waals surface area contributed by atoms with E-state index >= 15 is 0 Å². The normalized spacial score (nSPS) is 16.1. The van der Waals surface area contributed by atoms with Crippen molar-refractivity contribution in [1.29, 1.82) is 0 Å². The van der Waals surface area contributed by atoms with Gasteiger partial charge in [0.15, 0.2) is 19.8 Å². The second kappa shape index (κ2) is 12.1. The average Bonchev–Trinajstić information content (AvgIpc) is 2.86. The maximum absolute atomic E-state index is 6.45. The summed E-state index contributed by atoms with van der Waals surface area (Å²) >= 11 is 6.45. The van der Waals surface area contributed by atoms with Crippen LogP contribution < -0.4 is 19.1 Å². The van der Waals surface area contributed by atoms with E-state index in [1.807, 2.05) is 12.1 Å². The highest BCUT2D eigenvalue weighted by Gasteiger charge is 2.37. The maximum Gasteiger partial charge on any atom is 0.192 e. The molecule has 1 saturated heterocycles. The molecule has 200 valence electrons. The van der Waals surface area contributed by atoms with Crippen LogP contribution >= 0.6 is 11.6 Å². The molecule has 1 atom stereocenters. The summed E-state index contributed by atoms with van der Waals surface area (Å²) in [5.74, 6) is 2.24. The molecule has 0 spiro atoms. The minimum Gasteiger partial charge on any atom is -0.493 e. The van der Waals surface area contributed by atoms with Crippen molar-refractivity contribution in [1.82, 2.24) is 4.90 Å². The number of benzene rings is 2. The molecule has 1 aliphatic rings. The third-order valence-corrected chi connectivity index (χ3v) is 12.5. The van der Waals surface area contributed by atoms with Crippen LogP contribution in [0.1, 0.15) is 39.3 Å². The van der Waals surface area contributed by atoms with Gasteiger partial charge >= 0.3 is 0 Å². The number of halogens is 1. The van der Waals surface area contributed by atoms with Gasteiger partial charge in [0.25, 0.3) is 0 Å². The number of rotatable bonds is 10. The number of methoxy groups -OCH3 is 2. The predicted octanol–water partition coefficient (Wildman–Crippen LogP) is 6.64. The Morgan fingerprint density at radius 2 is 1.56 bits per heavy atom. The first-order chi connectivity index (χ1) is 17.0. The van der Waals surface area contributed by atoms with E-state index in [0.717, 1.165) is 43.4 Å². The van der Waals surface area contributed by atoms with Crippen LogP contribution in [0.25, 0.3) is 0 Å². The van der Waals surface area contributed by atoms with Crippen molar-refractivity contribution in [2.45, 2.75) is 51.9 Å². The number of nitrogens with zero attached hydrogens (tertiary/aromatic N) is 2. The van der Waals surface area contributed by atoms with Gasteiger partial charge in [-0.2, -0.15) is 0 Å². The van der Waals surface area contributed by atoms with Gasteiger partial charge < -0.3 is 23.5 Å². The Morgan fingerprint density at radius 1 is 0.889 bits per heavy atom. The summed E-state index contributed by atoms with van der Waals surface area (Å²) < 4.78 is 23.2. The molecule has 0 bridgehead atoms. The van der Waals surface area contributed by atoms with Crippen LogP contribution in [0.2, 0.25) is 23.2 Å². The fourth-order valence-electron chi connectivity index (χ4n) is 4.16. The van der Waals surface area contributed by atoms with E-state index in [2.05, 4.69) is 74.9 Å². The van der Waals surface area contributed by atoms with Crippen LogP contribution in [0.5, 0.6) is 17.2 Å². The van der Waals surface area contributed by atoms with Crippen LogP contribution in [-0.2, 0) is 4.43 Å². The largest absolute Gasteiger partial charge is 0.493 e. The van der Waals surface area contributed by atoms with Gasteiger partial charge in [-0.25, -0.2) is 0 Å². The third kappa shape index (κ3) is 6.88. The van der Waals surface area contributed by atoms with Gasteiger partial charge in [-0.1, -0.05) is 38.4 Å². The summed E-state index contributed by atoms with van der Waals surface area (Å²) in [5.41, 5.74) is 2.36. The monoisotopic (exact) mass is 534 g/mol. The second-order valence-electron chi connectivity index (χ2n) is 10.9. The summed E-state index contributed by atoms with van der Waals surface area (Å²) in [7, 11) is 1.56. The summed E-state index contributed by atoms with van der Waals surface area (Å²) in [5, 5.41) is 0.815. The van der Waals surface area contributed by atoms with Gasteiger partial charge in [0.05, 0.1) is 25.8 Å². The molecule has 0 N–H and O–H groups in total. The van der Waals surface area contributed by atoms with Crippen molar-refractivity contribution in [3.8, 4) is 17.2 Å². The fraction of sp³-hybridized carbons (Fsp3) is 0.571. The molecular formula is C28H43ClN2O4Si. The highest BCUT2D eigenvalue weighted by Crippen LogP contribution is 2.37. The molecule has 6 nitrogen and oxygen atoms in total. The first kappa shape index (κ1) is 28.6. The molecule has 2 aromatic carbocycles. The molecule has 1 aliphatic heterocycles. The molecule has 0 amide bonds. The summed E-state index contributed by atoms with van der Waals surface area (Å²) in [6, 6.07) is 12.5. The lowest BCUT2D eigenvalue weighted by Crippen LogP contribution is -2.47. The smallest absolute Gasteiger partial charge is 0.192 e. The van der Waals surface area contributed by atoms with Crippen molar-refractivity contribution >= 4 is 25.6 Å². The van der Waals surface area contributed by atoms with Crippen molar-refractivity contribution < 1.29 is 18.6 Å². The first-order valence-electron chi connectivity index (χ1n) is 12.7. The Hall–Kier alpha value is -1.93. The van der Waals surface area contributed by atoms with Gasteiger partial charge in [0.1, 0.15) is 12.4 Å². The van der Waals surface area contributed by atoms with Gasteiger partial charge in [0.2, 0.25) is 0 Å². The van der Waals surface area contributed by atoms with E-state index in [1.54, 1.807) is 14.2 Å². The molecular weight excluding hydrogens is 492 g/mol. The number of piperazine rings is 1. The predicted molar refractivity (Wildman–Crippen MR) is 152 cm³/mol. The molecule has 0 aliphatic carbocycles. The van der Waals surface area contributed by atoms with Crippen molar-refractivity contribution in [2.75, 3.05) is 58.5 Å². The lowest BCUT2D eigenvalue weighted by Gasteiger charge is -2.39. The molecule has 1 fully saturated rings. The zero-order valence-electron chi connectivity index (χ0n) is 23.2. The molecule has 0 aromatic heterocycles. The van der Waals surface area contributed by atoms with Crippen LogP contribution in [-0.4, -0.2) is 66.8 Å². The molecule has 0 saturated carbocycles. The highest BCUT2D eigenvalue weighted by molar-refractivity contribution is 6.74. The van der Waals surface area contributed by atoms with Gasteiger partial charge in [-0.3, -0.25) is 4.90 Å². The van der Waals surface area contributed by atoms with E-state index in [0.29, 0.717) is 24.0 Å². The quantitative estimate of drug-likeness (QED) is 0.251. The van der Waals surface area contributed by atoms with E-state index in [1.165, 1.54) is 5.56 Å². The van der Waals surface area contributed by atoms with Gasteiger partial charge in [-0.15, -0.1) is 0 Å². The Kier molecular flexibility index (Phi) is 9.60. The van der Waals surface area contributed by atoms with Gasteiger partial charge in [0, 0.05) is 44.0 Å². The molecule has 8 heteroatoms. The minimum atomic E-state index is -1.78. The molecule has 36 heavy (non-hydrogen) atoms. The van der Waals surface area contributed by atoms with E-state index < -0.39 is 8.32 Å². The van der Waals surface area contributed by atoms with Crippen LogP contribution in [0.15, 0.2) is 36.4 Å². The Morgan fingerprint density at radius 3 is 2.17 bits per heavy atom. The summed E-state index contributed by atoms with van der Waals surface area (Å²) in [4.78, 5) is 4.90. The Labute approximate surface area is 223 Å². The topological polar surface area (TPSA) is 43.4 Å². The Balaban J connectivity index is 1.56. The lowest BCUT2D eigenvalue weighted by atomic mass is 10.0. The second-order valence-corrected chi connectivity index (χ2v) is 16.1. The third-order valence-electron chi connectivity index (χ3n) is 7.64. The van der Waals surface area contributed by atoms with Crippen molar-refractivity contribution in [3.63, 3.8) is 0 Å². The molecule has 0 radical (unpaired) electrons. The molecule has 2 aromatic rings. The summed E-state index contributed by atoms with van der Waals surface area (Å²) in [6.45, 7) is 18.4. The first-order valence-corrected chi connectivity index (χ1v) is 16.0. The standard InChI is InChI=1S/C28H43ClN2O4Si/c1-21(22-9-12-25(32-5)27(19-22)33-6)30-13-15-31(16-14-30)23-10-11-24(29)26(20-23)34-17-18-35-36(7,8)28(2,3)4/h9-12,19-21H,13-18H2,1-8H3. The number of ether oxygens (including phenoxy) is 3. The van der Waals surface area contributed by atoms with E-state index in [-0.39, 0.29) is 11.1 Å². The van der Waals surface area contributed by atoms with Crippen LogP contribution in [0.3, 0.4) is 0 Å². The lowest BCUT2D eigenvalue weighted by molar-refractivity contribution is 0.197. The zero-order valence-corrected chi connectivity index (χ0v) is 24.9. The average molecular weight is 535 g/mol. The van der Waals surface area contributed by atoms with Crippen molar-refractivity contribution in [3.05, 3.63) is 47.0 Å². The highest BCUT2D eigenvalue weighted by atomic mass is 35.5. The number of hydrogen-bond acceptors (Lipinski definition) is 6.